The van der Waals surface area contributed by atoms with E-state index >= 15 is 0 Å². The maximum atomic E-state index is 13.1. The Morgan fingerprint density at radius 1 is 1.29 bits per heavy atom. The molecule has 1 N–H and O–H groups in total. The predicted molar refractivity (Wildman–Crippen MR) is 76.4 cm³/mol. The van der Waals surface area contributed by atoms with Gasteiger partial charge in [0.05, 0.1) is 0 Å². The van der Waals surface area contributed by atoms with Gasteiger partial charge in [-0.25, -0.2) is 13.6 Å². The number of benzene rings is 1. The van der Waals surface area contributed by atoms with Crippen LogP contribution in [0, 0.1) is 5.92 Å². The van der Waals surface area contributed by atoms with Gasteiger partial charge in [-0.15, -0.1) is 0 Å². The molecule has 5 heteroatoms. The van der Waals surface area contributed by atoms with Gasteiger partial charge in [0, 0.05) is 6.04 Å². The summed E-state index contributed by atoms with van der Waals surface area (Å²) in [6.45, 7) is 2.03. The molecule has 1 fully saturated rings. The van der Waals surface area contributed by atoms with E-state index in [9.17, 15) is 13.6 Å². The summed E-state index contributed by atoms with van der Waals surface area (Å²) in [5, 5.41) is 2.70. The van der Waals surface area contributed by atoms with Crippen LogP contribution in [0.15, 0.2) is 30.3 Å². The highest BCUT2D eigenvalue weighted by Crippen LogP contribution is 2.33. The molecule has 1 amide bonds. The maximum Gasteiger partial charge on any atom is 0.407 e. The minimum absolute atomic E-state index is 0.0144. The van der Waals surface area contributed by atoms with Crippen LogP contribution in [0.3, 0.4) is 0 Å². The molecule has 1 aliphatic carbocycles. The second kappa shape index (κ2) is 7.38. The summed E-state index contributed by atoms with van der Waals surface area (Å²) >= 11 is 0. The van der Waals surface area contributed by atoms with E-state index in [-0.39, 0.29) is 31.4 Å². The van der Waals surface area contributed by atoms with Crippen molar-refractivity contribution in [2.24, 2.45) is 5.92 Å². The fourth-order valence-corrected chi connectivity index (χ4v) is 2.75. The highest BCUT2D eigenvalue weighted by atomic mass is 19.2. The SMILES string of the molecule is C[C@@H](CC1C[C@@H](F)[C@@H](F)C1)NC(=O)OCc1ccccc1. The molecule has 4 atom stereocenters. The van der Waals surface area contributed by atoms with Gasteiger partial charge in [-0.3, -0.25) is 0 Å². The van der Waals surface area contributed by atoms with Crippen LogP contribution in [0.4, 0.5) is 13.6 Å². The first kappa shape index (κ1) is 15.7. The fraction of sp³-hybridized carbons (Fsp3) is 0.562. The van der Waals surface area contributed by atoms with Crippen LogP contribution in [-0.2, 0) is 11.3 Å². The number of halogens is 2. The molecule has 0 radical (unpaired) electrons. The van der Waals surface area contributed by atoms with Gasteiger partial charge in [-0.1, -0.05) is 30.3 Å². The van der Waals surface area contributed by atoms with Crippen molar-refractivity contribution in [2.75, 3.05) is 0 Å². The van der Waals surface area contributed by atoms with Crippen molar-refractivity contribution >= 4 is 6.09 Å². The quantitative estimate of drug-likeness (QED) is 0.898. The number of carbonyl (C=O) groups is 1. The monoisotopic (exact) mass is 297 g/mol. The Hall–Kier alpha value is -1.65. The van der Waals surface area contributed by atoms with Crippen molar-refractivity contribution in [3.63, 3.8) is 0 Å². The molecule has 1 unspecified atom stereocenters. The van der Waals surface area contributed by atoms with E-state index in [0.29, 0.717) is 6.42 Å². The minimum Gasteiger partial charge on any atom is -0.445 e. The number of hydrogen-bond acceptors (Lipinski definition) is 2. The first-order valence-corrected chi connectivity index (χ1v) is 7.30. The summed E-state index contributed by atoms with van der Waals surface area (Å²) in [5.74, 6) is -0.0144. The highest BCUT2D eigenvalue weighted by molar-refractivity contribution is 5.67. The molecule has 2 rings (SSSR count). The second-order valence-electron chi connectivity index (χ2n) is 5.71. The van der Waals surface area contributed by atoms with Gasteiger partial charge in [-0.05, 0) is 37.7 Å². The lowest BCUT2D eigenvalue weighted by Gasteiger charge is -2.17. The topological polar surface area (TPSA) is 38.3 Å². The fourth-order valence-electron chi connectivity index (χ4n) is 2.75. The van der Waals surface area contributed by atoms with Gasteiger partial charge in [0.25, 0.3) is 0 Å². The summed E-state index contributed by atoms with van der Waals surface area (Å²) in [7, 11) is 0. The van der Waals surface area contributed by atoms with Crippen molar-refractivity contribution in [2.45, 2.75) is 51.2 Å². The van der Waals surface area contributed by atoms with E-state index in [1.54, 1.807) is 0 Å². The highest BCUT2D eigenvalue weighted by Gasteiger charge is 2.35. The van der Waals surface area contributed by atoms with E-state index in [4.69, 9.17) is 4.74 Å². The normalized spacial score (nSPS) is 26.3. The summed E-state index contributed by atoms with van der Waals surface area (Å²) in [5.41, 5.74) is 0.914. The molecule has 0 bridgehead atoms. The number of alkyl carbamates (subject to hydrolysis) is 1. The molecule has 1 aromatic carbocycles. The third-order valence-electron chi connectivity index (χ3n) is 3.77. The van der Waals surface area contributed by atoms with Crippen LogP contribution in [-0.4, -0.2) is 24.5 Å². The predicted octanol–water partition coefficient (Wildman–Crippen LogP) is 3.78. The number of alkyl halides is 2. The number of hydrogen-bond donors (Lipinski definition) is 1. The summed E-state index contributed by atoms with van der Waals surface area (Å²) in [4.78, 5) is 11.6. The van der Waals surface area contributed by atoms with Gasteiger partial charge < -0.3 is 10.1 Å². The van der Waals surface area contributed by atoms with Gasteiger partial charge in [0.2, 0.25) is 0 Å². The number of carbonyl (C=O) groups excluding carboxylic acids is 1. The van der Waals surface area contributed by atoms with Crippen LogP contribution < -0.4 is 5.32 Å². The molecule has 0 saturated heterocycles. The number of ether oxygens (including phenoxy) is 1. The zero-order valence-corrected chi connectivity index (χ0v) is 12.1. The maximum absolute atomic E-state index is 13.1. The molecule has 0 aromatic heterocycles. The van der Waals surface area contributed by atoms with Crippen LogP contribution in [0.2, 0.25) is 0 Å². The lowest BCUT2D eigenvalue weighted by molar-refractivity contribution is 0.135. The average Bonchev–Trinajstić information content (AvgIpc) is 2.76. The molecule has 1 saturated carbocycles. The van der Waals surface area contributed by atoms with Crippen LogP contribution in [0.1, 0.15) is 31.7 Å². The van der Waals surface area contributed by atoms with Gasteiger partial charge in [0.1, 0.15) is 19.0 Å². The molecule has 0 spiro atoms. The molecule has 1 aliphatic rings. The van der Waals surface area contributed by atoms with Crippen LogP contribution in [0.25, 0.3) is 0 Å². The minimum atomic E-state index is -1.35. The van der Waals surface area contributed by atoms with E-state index in [2.05, 4.69) is 5.32 Å². The van der Waals surface area contributed by atoms with Gasteiger partial charge in [-0.2, -0.15) is 0 Å². The summed E-state index contributed by atoms with van der Waals surface area (Å²) in [6.07, 6.45) is -2.16. The Morgan fingerprint density at radius 3 is 2.52 bits per heavy atom. The molecule has 3 nitrogen and oxygen atoms in total. The van der Waals surface area contributed by atoms with Gasteiger partial charge in [0.15, 0.2) is 0 Å². The van der Waals surface area contributed by atoms with E-state index < -0.39 is 18.4 Å². The molecule has 0 aliphatic heterocycles. The van der Waals surface area contributed by atoms with E-state index in [1.807, 2.05) is 37.3 Å². The third-order valence-corrected chi connectivity index (χ3v) is 3.77. The lowest BCUT2D eigenvalue weighted by Crippen LogP contribution is -2.34. The molecular formula is C16H21F2NO2. The van der Waals surface area contributed by atoms with Crippen LogP contribution in [0.5, 0.6) is 0 Å². The zero-order chi connectivity index (χ0) is 15.2. The standard InChI is InChI=1S/C16H21F2NO2/c1-11(7-13-8-14(17)15(18)9-13)19-16(20)21-10-12-5-3-2-4-6-12/h2-6,11,13-15H,7-10H2,1H3,(H,19,20)/t11-,13?,14-,15+/m0/s1. The Labute approximate surface area is 123 Å². The third kappa shape index (κ3) is 4.99. The molecule has 1 aromatic rings. The first-order chi connectivity index (χ1) is 10.0. The Bertz CT molecular complexity index is 445. The smallest absolute Gasteiger partial charge is 0.407 e. The number of nitrogens with one attached hydrogen (secondary N) is 1. The Morgan fingerprint density at radius 2 is 1.90 bits per heavy atom. The number of amides is 1. The van der Waals surface area contributed by atoms with Crippen LogP contribution >= 0.6 is 0 Å². The number of rotatable bonds is 5. The van der Waals surface area contributed by atoms with Crippen molar-refractivity contribution < 1.29 is 18.3 Å². The molecule has 21 heavy (non-hydrogen) atoms. The van der Waals surface area contributed by atoms with Crippen molar-refractivity contribution in [3.8, 4) is 0 Å². The largest absolute Gasteiger partial charge is 0.445 e. The van der Waals surface area contributed by atoms with Crippen molar-refractivity contribution in [1.29, 1.82) is 0 Å². The van der Waals surface area contributed by atoms with E-state index in [1.165, 1.54) is 0 Å². The Balaban J connectivity index is 1.68. The zero-order valence-electron chi connectivity index (χ0n) is 12.1. The van der Waals surface area contributed by atoms with Crippen molar-refractivity contribution in [3.05, 3.63) is 35.9 Å². The summed E-state index contributed by atoms with van der Waals surface area (Å²) < 4.78 is 31.3. The Kier molecular flexibility index (Phi) is 5.53. The van der Waals surface area contributed by atoms with Crippen molar-refractivity contribution in [1.82, 2.24) is 5.32 Å². The van der Waals surface area contributed by atoms with Gasteiger partial charge >= 0.3 is 6.09 Å². The lowest BCUT2D eigenvalue weighted by atomic mass is 9.99. The molecular weight excluding hydrogens is 276 g/mol. The molecule has 116 valence electrons. The second-order valence-corrected chi connectivity index (χ2v) is 5.71. The summed E-state index contributed by atoms with van der Waals surface area (Å²) in [6, 6.07) is 9.23. The molecule has 0 heterocycles. The van der Waals surface area contributed by atoms with E-state index in [0.717, 1.165) is 5.56 Å². The average molecular weight is 297 g/mol. The first-order valence-electron chi connectivity index (χ1n) is 7.30.